The Morgan fingerprint density at radius 2 is 1.79 bits per heavy atom. The van der Waals surface area contributed by atoms with Crippen molar-refractivity contribution in [2.75, 3.05) is 5.32 Å². The Kier molecular flexibility index (Phi) is 6.68. The molecule has 0 spiro atoms. The Morgan fingerprint density at radius 3 is 2.53 bits per heavy atom. The number of rotatable bonds is 8. The molecule has 0 saturated carbocycles. The molecular weight excluding hydrogens is 476 g/mol. The van der Waals surface area contributed by atoms with Crippen LogP contribution in [-0.2, 0) is 21.2 Å². The molecule has 0 aliphatic rings. The maximum absolute atomic E-state index is 13.3. The molecule has 11 heteroatoms. The van der Waals surface area contributed by atoms with Crippen molar-refractivity contribution in [1.82, 2.24) is 13.5 Å². The van der Waals surface area contributed by atoms with Gasteiger partial charge in [-0.15, -0.1) is 0 Å². The fourth-order valence-corrected chi connectivity index (χ4v) is 5.36. The van der Waals surface area contributed by atoms with E-state index in [0.29, 0.717) is 11.1 Å². The van der Waals surface area contributed by atoms with E-state index >= 15 is 0 Å². The number of benzene rings is 3. The molecule has 1 aromatic heterocycles. The molecule has 174 valence electrons. The van der Waals surface area contributed by atoms with E-state index in [4.69, 9.17) is 0 Å². The number of carbonyl (C=O) groups excluding carboxylic acids is 1. The molecule has 1 heterocycles. The van der Waals surface area contributed by atoms with Gasteiger partial charge in [-0.3, -0.25) is 4.79 Å². The standard InChI is InChI=1S/C23H20N4O5S2/c1-14-10-11-16(23(29)30)13-18(14)24-22(28)19(12-15-6-3-2-4-7-15)27-34(31,32)20-9-5-8-17-21(20)26-33-25-17/h2-11,13,19,27H,12H2,1H3,(H,24,28)(H,29,30)/t19-/m0/s1. The number of aromatic nitrogens is 2. The second-order valence-corrected chi connectivity index (χ2v) is 9.79. The zero-order valence-corrected chi connectivity index (χ0v) is 19.6. The van der Waals surface area contributed by atoms with E-state index in [1.165, 1.54) is 18.2 Å². The minimum absolute atomic E-state index is 0.00352. The van der Waals surface area contributed by atoms with Crippen LogP contribution in [0.2, 0.25) is 0 Å². The number of nitrogens with zero attached hydrogens (tertiary/aromatic N) is 2. The third-order valence-corrected chi connectivity index (χ3v) is 7.22. The quantitative estimate of drug-likeness (QED) is 0.340. The predicted octanol–water partition coefficient (Wildman–Crippen LogP) is 3.23. The predicted molar refractivity (Wildman–Crippen MR) is 128 cm³/mol. The van der Waals surface area contributed by atoms with Gasteiger partial charge in [0.1, 0.15) is 22.0 Å². The second-order valence-electron chi connectivity index (χ2n) is 7.58. The van der Waals surface area contributed by atoms with E-state index in [9.17, 15) is 23.1 Å². The van der Waals surface area contributed by atoms with E-state index < -0.39 is 27.9 Å². The molecule has 4 aromatic rings. The first-order valence-electron chi connectivity index (χ1n) is 10.2. The fourth-order valence-electron chi connectivity index (χ4n) is 3.40. The number of anilines is 1. The third-order valence-electron chi connectivity index (χ3n) is 5.18. The molecule has 4 rings (SSSR count). The van der Waals surface area contributed by atoms with Crippen LogP contribution < -0.4 is 10.0 Å². The molecule has 0 unspecified atom stereocenters. The van der Waals surface area contributed by atoms with E-state index in [1.807, 2.05) is 6.07 Å². The largest absolute Gasteiger partial charge is 0.478 e. The van der Waals surface area contributed by atoms with Crippen LogP contribution in [0.15, 0.2) is 71.6 Å². The highest BCUT2D eigenvalue weighted by Gasteiger charge is 2.28. The molecule has 1 atom stereocenters. The number of aryl methyl sites for hydroxylation is 1. The van der Waals surface area contributed by atoms with Gasteiger partial charge in [0.15, 0.2) is 0 Å². The number of fused-ring (bicyclic) bond motifs is 1. The van der Waals surface area contributed by atoms with E-state index in [-0.39, 0.29) is 28.1 Å². The van der Waals surface area contributed by atoms with Crippen molar-refractivity contribution in [3.63, 3.8) is 0 Å². The van der Waals surface area contributed by atoms with Gasteiger partial charge in [0.05, 0.1) is 17.3 Å². The molecule has 0 aliphatic carbocycles. The van der Waals surface area contributed by atoms with Crippen LogP contribution in [0.4, 0.5) is 5.69 Å². The van der Waals surface area contributed by atoms with Crippen molar-refractivity contribution >= 4 is 50.3 Å². The molecule has 34 heavy (non-hydrogen) atoms. The van der Waals surface area contributed by atoms with Crippen molar-refractivity contribution in [1.29, 1.82) is 0 Å². The van der Waals surface area contributed by atoms with Crippen molar-refractivity contribution in [3.8, 4) is 0 Å². The summed E-state index contributed by atoms with van der Waals surface area (Å²) in [6.07, 6.45) is 0.0782. The molecule has 0 aliphatic heterocycles. The van der Waals surface area contributed by atoms with Crippen LogP contribution in [0.3, 0.4) is 0 Å². The smallest absolute Gasteiger partial charge is 0.335 e. The van der Waals surface area contributed by atoms with Crippen molar-refractivity contribution in [3.05, 3.63) is 83.4 Å². The van der Waals surface area contributed by atoms with Gasteiger partial charge < -0.3 is 10.4 Å². The normalized spacial score (nSPS) is 12.4. The van der Waals surface area contributed by atoms with Gasteiger partial charge >= 0.3 is 5.97 Å². The van der Waals surface area contributed by atoms with Gasteiger partial charge in [0, 0.05) is 5.69 Å². The zero-order chi connectivity index (χ0) is 24.3. The Labute approximate surface area is 199 Å². The first-order chi connectivity index (χ1) is 16.2. The summed E-state index contributed by atoms with van der Waals surface area (Å²) in [7, 11) is -4.15. The number of carboxylic acids is 1. The van der Waals surface area contributed by atoms with E-state index in [0.717, 1.165) is 17.3 Å². The summed E-state index contributed by atoms with van der Waals surface area (Å²) in [6.45, 7) is 1.72. The first-order valence-corrected chi connectivity index (χ1v) is 12.4. The number of carboxylic acid groups (broad SMARTS) is 1. The van der Waals surface area contributed by atoms with Crippen LogP contribution in [0.25, 0.3) is 11.0 Å². The van der Waals surface area contributed by atoms with Gasteiger partial charge in [-0.05, 0) is 48.7 Å². The monoisotopic (exact) mass is 496 g/mol. The van der Waals surface area contributed by atoms with Crippen LogP contribution in [0, 0.1) is 6.92 Å². The number of nitrogens with one attached hydrogen (secondary N) is 2. The van der Waals surface area contributed by atoms with Gasteiger partial charge in [0.2, 0.25) is 15.9 Å². The summed E-state index contributed by atoms with van der Waals surface area (Å²) in [5, 5.41) is 11.9. The molecule has 3 aromatic carbocycles. The molecule has 0 bridgehead atoms. The highest BCUT2D eigenvalue weighted by molar-refractivity contribution is 7.89. The number of aromatic carboxylic acids is 1. The minimum atomic E-state index is -4.15. The van der Waals surface area contributed by atoms with E-state index in [1.54, 1.807) is 49.4 Å². The molecule has 3 N–H and O–H groups in total. The average Bonchev–Trinajstić information content (AvgIpc) is 3.29. The molecule has 9 nitrogen and oxygen atoms in total. The van der Waals surface area contributed by atoms with Crippen LogP contribution >= 0.6 is 11.7 Å². The van der Waals surface area contributed by atoms with Crippen LogP contribution in [0.1, 0.15) is 21.5 Å². The fraction of sp³-hybridized carbons (Fsp3) is 0.130. The summed E-state index contributed by atoms with van der Waals surface area (Å²) in [5.74, 6) is -1.76. The Morgan fingerprint density at radius 1 is 1.03 bits per heavy atom. The summed E-state index contributed by atoms with van der Waals surface area (Å²) in [4.78, 5) is 24.5. The van der Waals surface area contributed by atoms with Gasteiger partial charge in [0.25, 0.3) is 0 Å². The van der Waals surface area contributed by atoms with Gasteiger partial charge in [-0.2, -0.15) is 13.5 Å². The van der Waals surface area contributed by atoms with Crippen molar-refractivity contribution in [2.45, 2.75) is 24.3 Å². The first kappa shape index (κ1) is 23.5. The highest BCUT2D eigenvalue weighted by atomic mass is 32.2. The SMILES string of the molecule is Cc1ccc(C(=O)O)cc1NC(=O)[C@H](Cc1ccccc1)NS(=O)(=O)c1cccc2nsnc12. The summed E-state index contributed by atoms with van der Waals surface area (Å²) in [5.41, 5.74) is 2.34. The Hall–Kier alpha value is -3.67. The van der Waals surface area contributed by atoms with Crippen molar-refractivity contribution in [2.24, 2.45) is 0 Å². The lowest BCUT2D eigenvalue weighted by atomic mass is 10.1. The van der Waals surface area contributed by atoms with Gasteiger partial charge in [-0.25, -0.2) is 13.2 Å². The van der Waals surface area contributed by atoms with Crippen LogP contribution in [0.5, 0.6) is 0 Å². The van der Waals surface area contributed by atoms with E-state index in [2.05, 4.69) is 18.8 Å². The number of hydrogen-bond donors (Lipinski definition) is 3. The number of hydrogen-bond acceptors (Lipinski definition) is 7. The third kappa shape index (κ3) is 5.11. The summed E-state index contributed by atoms with van der Waals surface area (Å²) >= 11 is 0.899. The zero-order valence-electron chi connectivity index (χ0n) is 17.9. The topological polar surface area (TPSA) is 138 Å². The maximum Gasteiger partial charge on any atom is 0.335 e. The lowest BCUT2D eigenvalue weighted by Gasteiger charge is -2.20. The highest BCUT2D eigenvalue weighted by Crippen LogP contribution is 2.22. The van der Waals surface area contributed by atoms with Crippen molar-refractivity contribution < 1.29 is 23.1 Å². The maximum atomic E-state index is 13.3. The molecule has 0 radical (unpaired) electrons. The lowest BCUT2D eigenvalue weighted by Crippen LogP contribution is -2.45. The summed E-state index contributed by atoms with van der Waals surface area (Å²) in [6, 6.07) is 16.8. The Balaban J connectivity index is 1.67. The number of sulfonamides is 1. The lowest BCUT2D eigenvalue weighted by molar-refractivity contribution is -0.117. The minimum Gasteiger partial charge on any atom is -0.478 e. The number of carbonyl (C=O) groups is 2. The Bertz CT molecular complexity index is 1470. The van der Waals surface area contributed by atoms with Gasteiger partial charge in [-0.1, -0.05) is 42.5 Å². The molecular formula is C23H20N4O5S2. The average molecular weight is 497 g/mol. The number of amides is 1. The molecule has 1 amide bonds. The molecule has 0 saturated heterocycles. The van der Waals surface area contributed by atoms with Crippen LogP contribution in [-0.4, -0.2) is 40.2 Å². The molecule has 0 fully saturated rings. The summed E-state index contributed by atoms with van der Waals surface area (Å²) < 4.78 is 37.2. The second kappa shape index (κ2) is 9.67.